The van der Waals surface area contributed by atoms with Gasteiger partial charge >= 0.3 is 0 Å². The molecule has 0 unspecified atom stereocenters. The van der Waals surface area contributed by atoms with Crippen molar-refractivity contribution in [3.63, 3.8) is 0 Å². The molecule has 0 aliphatic carbocycles. The van der Waals surface area contributed by atoms with E-state index in [0.29, 0.717) is 0 Å². The van der Waals surface area contributed by atoms with E-state index in [4.69, 9.17) is 0 Å². The van der Waals surface area contributed by atoms with Crippen LogP contribution in [0.4, 0.5) is 5.69 Å². The molecule has 1 atom stereocenters. The van der Waals surface area contributed by atoms with Crippen LogP contribution in [-0.4, -0.2) is 12.2 Å². The zero-order valence-corrected chi connectivity index (χ0v) is 12.8. The van der Waals surface area contributed by atoms with E-state index >= 15 is 0 Å². The summed E-state index contributed by atoms with van der Waals surface area (Å²) in [6.45, 7) is 2.64. The summed E-state index contributed by atoms with van der Waals surface area (Å²) in [5.41, 5.74) is 3.32. The summed E-state index contributed by atoms with van der Waals surface area (Å²) in [6, 6.07) is 10.1. The average molecular weight is 326 g/mol. The third-order valence-electron chi connectivity index (χ3n) is 2.84. The summed E-state index contributed by atoms with van der Waals surface area (Å²) in [5, 5.41) is 11.9. The second-order valence-electron chi connectivity index (χ2n) is 4.35. The Labute approximate surface area is 120 Å². The van der Waals surface area contributed by atoms with E-state index in [9.17, 15) is 5.11 Å². The maximum Gasteiger partial charge on any atom is 0.0781 e. The predicted octanol–water partition coefficient (Wildman–Crippen LogP) is 4.20. The van der Waals surface area contributed by atoms with Gasteiger partial charge in [-0.05, 0) is 45.9 Å². The van der Waals surface area contributed by atoms with Gasteiger partial charge in [-0.15, -0.1) is 11.3 Å². The number of rotatable bonds is 4. The second-order valence-corrected chi connectivity index (χ2v) is 6.64. The number of aliphatic hydroxyl groups excluding tert-OH is 1. The zero-order chi connectivity index (χ0) is 13.1. The molecule has 0 radical (unpaired) electrons. The number of thiophene rings is 1. The lowest BCUT2D eigenvalue weighted by Crippen LogP contribution is -2.18. The molecule has 96 valence electrons. The van der Waals surface area contributed by atoms with Gasteiger partial charge in [0.2, 0.25) is 0 Å². The molecule has 2 rings (SSSR count). The molecule has 0 fully saturated rings. The molecule has 0 saturated carbocycles. The number of halogens is 1. The number of benzene rings is 1. The second kappa shape index (κ2) is 5.87. The van der Waals surface area contributed by atoms with Crippen molar-refractivity contribution in [2.24, 2.45) is 0 Å². The standard InChI is InChI=1S/C14H16BrNOS/c1-10(17)12-5-3-4-6-13(12)16(2)8-11-7-14(15)18-9-11/h3-7,9-10,17H,8H2,1-2H3/t10-/m1/s1. The van der Waals surface area contributed by atoms with Crippen molar-refractivity contribution in [2.75, 3.05) is 11.9 Å². The molecule has 0 amide bonds. The quantitative estimate of drug-likeness (QED) is 0.910. The van der Waals surface area contributed by atoms with E-state index < -0.39 is 6.10 Å². The fourth-order valence-electron chi connectivity index (χ4n) is 1.98. The lowest BCUT2D eigenvalue weighted by Gasteiger charge is -2.23. The highest BCUT2D eigenvalue weighted by atomic mass is 79.9. The normalized spacial score (nSPS) is 12.4. The minimum Gasteiger partial charge on any atom is -0.389 e. The molecule has 0 saturated heterocycles. The highest BCUT2D eigenvalue weighted by Crippen LogP contribution is 2.28. The molecule has 0 aliphatic heterocycles. The summed E-state index contributed by atoms with van der Waals surface area (Å²) in [4.78, 5) is 2.16. The summed E-state index contributed by atoms with van der Waals surface area (Å²) >= 11 is 5.17. The van der Waals surface area contributed by atoms with Crippen LogP contribution >= 0.6 is 27.3 Å². The van der Waals surface area contributed by atoms with Crippen molar-refractivity contribution in [2.45, 2.75) is 19.6 Å². The number of nitrogens with zero attached hydrogens (tertiary/aromatic N) is 1. The van der Waals surface area contributed by atoms with Gasteiger partial charge in [-0.2, -0.15) is 0 Å². The summed E-state index contributed by atoms with van der Waals surface area (Å²) in [6.07, 6.45) is -0.446. The van der Waals surface area contributed by atoms with Gasteiger partial charge in [-0.1, -0.05) is 18.2 Å². The van der Waals surface area contributed by atoms with Gasteiger partial charge in [0, 0.05) is 24.8 Å². The van der Waals surface area contributed by atoms with Gasteiger partial charge in [0.05, 0.1) is 9.89 Å². The third-order valence-corrected chi connectivity index (χ3v) is 4.39. The van der Waals surface area contributed by atoms with Crippen LogP contribution in [0.3, 0.4) is 0 Å². The van der Waals surface area contributed by atoms with Gasteiger partial charge in [-0.3, -0.25) is 0 Å². The number of para-hydroxylation sites is 1. The SMILES string of the molecule is C[C@@H](O)c1ccccc1N(C)Cc1csc(Br)c1. The molecular formula is C14H16BrNOS. The Morgan fingerprint density at radius 1 is 1.39 bits per heavy atom. The summed E-state index contributed by atoms with van der Waals surface area (Å²) in [5.74, 6) is 0. The number of anilines is 1. The minimum atomic E-state index is -0.446. The van der Waals surface area contributed by atoms with Crippen molar-refractivity contribution >= 4 is 33.0 Å². The lowest BCUT2D eigenvalue weighted by molar-refractivity contribution is 0.199. The minimum absolute atomic E-state index is 0.446. The Balaban J connectivity index is 2.20. The van der Waals surface area contributed by atoms with Crippen LogP contribution in [0.15, 0.2) is 39.5 Å². The monoisotopic (exact) mass is 325 g/mol. The van der Waals surface area contributed by atoms with Crippen LogP contribution in [0.25, 0.3) is 0 Å². The first-order chi connectivity index (χ1) is 8.58. The van der Waals surface area contributed by atoms with Gasteiger partial charge < -0.3 is 10.0 Å². The third kappa shape index (κ3) is 3.13. The Kier molecular flexibility index (Phi) is 4.43. The van der Waals surface area contributed by atoms with Crippen LogP contribution in [-0.2, 0) is 6.54 Å². The first-order valence-corrected chi connectivity index (χ1v) is 7.46. The maximum atomic E-state index is 9.79. The van der Waals surface area contributed by atoms with Gasteiger partial charge in [0.1, 0.15) is 0 Å². The van der Waals surface area contributed by atoms with Gasteiger partial charge in [-0.25, -0.2) is 0 Å². The fourth-order valence-corrected chi connectivity index (χ4v) is 3.18. The zero-order valence-electron chi connectivity index (χ0n) is 10.4. The van der Waals surface area contributed by atoms with E-state index in [0.717, 1.165) is 21.6 Å². The summed E-state index contributed by atoms with van der Waals surface area (Å²) in [7, 11) is 2.05. The Morgan fingerprint density at radius 2 is 2.11 bits per heavy atom. The van der Waals surface area contributed by atoms with Crippen LogP contribution in [0.1, 0.15) is 24.2 Å². The predicted molar refractivity (Wildman–Crippen MR) is 81.2 cm³/mol. The average Bonchev–Trinajstić information content (AvgIpc) is 2.74. The topological polar surface area (TPSA) is 23.5 Å². The molecule has 4 heteroatoms. The molecule has 1 aromatic carbocycles. The Hall–Kier alpha value is -0.840. The molecule has 18 heavy (non-hydrogen) atoms. The molecule has 1 aromatic heterocycles. The van der Waals surface area contributed by atoms with Crippen molar-refractivity contribution in [1.82, 2.24) is 0 Å². The van der Waals surface area contributed by atoms with Crippen LogP contribution in [0.5, 0.6) is 0 Å². The number of hydrogen-bond donors (Lipinski definition) is 1. The molecule has 1 heterocycles. The number of aliphatic hydroxyl groups is 1. The summed E-state index contributed by atoms with van der Waals surface area (Å²) < 4.78 is 1.15. The molecule has 2 nitrogen and oxygen atoms in total. The molecule has 1 N–H and O–H groups in total. The fraction of sp³-hybridized carbons (Fsp3) is 0.286. The molecular weight excluding hydrogens is 310 g/mol. The molecule has 2 aromatic rings. The largest absolute Gasteiger partial charge is 0.389 e. The molecule has 0 aliphatic rings. The molecule has 0 bridgehead atoms. The van der Waals surface area contributed by atoms with E-state index in [1.165, 1.54) is 5.56 Å². The Bertz CT molecular complexity index is 524. The van der Waals surface area contributed by atoms with E-state index in [1.807, 2.05) is 31.3 Å². The van der Waals surface area contributed by atoms with E-state index in [1.54, 1.807) is 18.3 Å². The first-order valence-electron chi connectivity index (χ1n) is 5.79. The first kappa shape index (κ1) is 13.6. The van der Waals surface area contributed by atoms with Crippen LogP contribution < -0.4 is 4.90 Å². The smallest absolute Gasteiger partial charge is 0.0781 e. The highest BCUT2D eigenvalue weighted by molar-refractivity contribution is 9.11. The molecule has 0 spiro atoms. The Morgan fingerprint density at radius 3 is 2.72 bits per heavy atom. The van der Waals surface area contributed by atoms with Crippen molar-refractivity contribution in [3.05, 3.63) is 50.6 Å². The highest BCUT2D eigenvalue weighted by Gasteiger charge is 2.11. The van der Waals surface area contributed by atoms with E-state index in [-0.39, 0.29) is 0 Å². The van der Waals surface area contributed by atoms with Crippen molar-refractivity contribution in [3.8, 4) is 0 Å². The van der Waals surface area contributed by atoms with Crippen LogP contribution in [0.2, 0.25) is 0 Å². The lowest BCUT2D eigenvalue weighted by atomic mass is 10.1. The van der Waals surface area contributed by atoms with Crippen LogP contribution in [0, 0.1) is 0 Å². The van der Waals surface area contributed by atoms with Gasteiger partial charge in [0.25, 0.3) is 0 Å². The van der Waals surface area contributed by atoms with E-state index in [2.05, 4.69) is 32.3 Å². The van der Waals surface area contributed by atoms with Gasteiger partial charge in [0.15, 0.2) is 0 Å². The number of hydrogen-bond acceptors (Lipinski definition) is 3. The van der Waals surface area contributed by atoms with Crippen molar-refractivity contribution < 1.29 is 5.11 Å². The maximum absolute atomic E-state index is 9.79. The van der Waals surface area contributed by atoms with Crippen molar-refractivity contribution in [1.29, 1.82) is 0 Å².